The van der Waals surface area contributed by atoms with Crippen molar-refractivity contribution in [2.75, 3.05) is 18.9 Å². The summed E-state index contributed by atoms with van der Waals surface area (Å²) in [5, 5.41) is 3.88. The number of ether oxygens (including phenoxy) is 1. The van der Waals surface area contributed by atoms with Crippen LogP contribution in [0.3, 0.4) is 0 Å². The number of nitrogens with zero attached hydrogens (tertiary/aromatic N) is 2. The Morgan fingerprint density at radius 1 is 1.14 bits per heavy atom. The van der Waals surface area contributed by atoms with Gasteiger partial charge in [-0.25, -0.2) is 4.98 Å². The molecule has 0 radical (unpaired) electrons. The van der Waals surface area contributed by atoms with Gasteiger partial charge in [0.25, 0.3) is 11.5 Å². The lowest BCUT2D eigenvalue weighted by molar-refractivity contribution is 0.0857. The van der Waals surface area contributed by atoms with Gasteiger partial charge >= 0.3 is 0 Å². The highest BCUT2D eigenvalue weighted by Crippen LogP contribution is 2.21. The van der Waals surface area contributed by atoms with E-state index in [0.717, 1.165) is 38.7 Å². The van der Waals surface area contributed by atoms with Crippen LogP contribution in [0.2, 0.25) is 0 Å². The molecule has 2 aromatic carbocycles. The van der Waals surface area contributed by atoms with Gasteiger partial charge in [0.2, 0.25) is 0 Å². The third-order valence-electron chi connectivity index (χ3n) is 6.11. The van der Waals surface area contributed by atoms with Crippen molar-refractivity contribution in [3.05, 3.63) is 70.0 Å². The van der Waals surface area contributed by atoms with Crippen molar-refractivity contribution in [2.45, 2.75) is 56.8 Å². The van der Waals surface area contributed by atoms with Gasteiger partial charge in [0.1, 0.15) is 0 Å². The minimum Gasteiger partial charge on any atom is -0.376 e. The van der Waals surface area contributed by atoms with Crippen LogP contribution in [0.5, 0.6) is 0 Å². The largest absolute Gasteiger partial charge is 0.376 e. The van der Waals surface area contributed by atoms with E-state index in [4.69, 9.17) is 9.72 Å². The lowest BCUT2D eigenvalue weighted by Gasteiger charge is -2.14. The Hall–Kier alpha value is -2.97. The van der Waals surface area contributed by atoms with Gasteiger partial charge in [0.15, 0.2) is 10.9 Å². The fourth-order valence-electron chi connectivity index (χ4n) is 4.12. The zero-order valence-corrected chi connectivity index (χ0v) is 20.8. The highest BCUT2D eigenvalue weighted by Gasteiger charge is 2.18. The Morgan fingerprint density at radius 2 is 1.97 bits per heavy atom. The zero-order valence-electron chi connectivity index (χ0n) is 20.0. The van der Waals surface area contributed by atoms with E-state index in [1.165, 1.54) is 11.8 Å². The second-order valence-corrected chi connectivity index (χ2v) is 9.66. The lowest BCUT2D eigenvalue weighted by atomic mass is 10.1. The van der Waals surface area contributed by atoms with Crippen LogP contribution in [0.15, 0.2) is 58.5 Å². The van der Waals surface area contributed by atoms with E-state index in [1.807, 2.05) is 18.2 Å². The Labute approximate surface area is 209 Å². The molecule has 184 valence electrons. The number of hydrogen-bond acceptors (Lipinski definition) is 6. The highest BCUT2D eigenvalue weighted by molar-refractivity contribution is 7.99. The molecular formula is C27H31N3O4S. The number of aromatic nitrogens is 2. The van der Waals surface area contributed by atoms with Gasteiger partial charge in [-0.3, -0.25) is 19.0 Å². The minimum atomic E-state index is -0.218. The number of unbranched alkanes of at least 4 members (excludes halogenated alkanes) is 2. The normalized spacial score (nSPS) is 15.4. The maximum absolute atomic E-state index is 13.3. The number of nitrogens with one attached hydrogen (secondary N) is 1. The molecule has 1 fully saturated rings. The van der Waals surface area contributed by atoms with Crippen molar-refractivity contribution >= 4 is 34.4 Å². The summed E-state index contributed by atoms with van der Waals surface area (Å²) >= 11 is 1.26. The monoisotopic (exact) mass is 493 g/mol. The zero-order chi connectivity index (χ0) is 24.6. The summed E-state index contributed by atoms with van der Waals surface area (Å²) in [5.41, 5.74) is 1.39. The van der Waals surface area contributed by atoms with Crippen molar-refractivity contribution in [3.63, 3.8) is 0 Å². The number of thioether (sulfide) groups is 1. The van der Waals surface area contributed by atoms with E-state index >= 15 is 0 Å². The average Bonchev–Trinajstić information content (AvgIpc) is 3.41. The Morgan fingerprint density at radius 3 is 2.71 bits per heavy atom. The first kappa shape index (κ1) is 25.1. The summed E-state index contributed by atoms with van der Waals surface area (Å²) in [5.74, 6) is -0.0609. The van der Waals surface area contributed by atoms with E-state index in [1.54, 1.807) is 34.9 Å². The van der Waals surface area contributed by atoms with Crippen LogP contribution in [-0.2, 0) is 11.3 Å². The number of amides is 1. The number of carbonyl (C=O) groups is 2. The van der Waals surface area contributed by atoms with Gasteiger partial charge in [-0.2, -0.15) is 0 Å². The standard InChI is InChI=1S/C27H31N3O4S/c1-2-3-7-14-30-26(33)22-13-12-20(25(32)28-17-21-11-8-15-34-21)16-23(22)29-27(30)35-18-24(31)19-9-5-4-6-10-19/h4-6,9-10,12-13,16,21H,2-3,7-8,11,14-15,17-18H2,1H3,(H,28,32)/t21-/m1/s1. The van der Waals surface area contributed by atoms with Gasteiger partial charge in [-0.15, -0.1) is 0 Å². The molecule has 35 heavy (non-hydrogen) atoms. The van der Waals surface area contributed by atoms with Crippen LogP contribution in [0.1, 0.15) is 59.7 Å². The molecule has 0 bridgehead atoms. The van der Waals surface area contributed by atoms with Crippen molar-refractivity contribution in [2.24, 2.45) is 0 Å². The summed E-state index contributed by atoms with van der Waals surface area (Å²) in [7, 11) is 0. The van der Waals surface area contributed by atoms with Crippen LogP contribution in [0.4, 0.5) is 0 Å². The lowest BCUT2D eigenvalue weighted by Crippen LogP contribution is -2.31. The fraction of sp³-hybridized carbons (Fsp3) is 0.407. The molecule has 1 amide bonds. The predicted octanol–water partition coefficient (Wildman–Crippen LogP) is 4.47. The van der Waals surface area contributed by atoms with Crippen LogP contribution >= 0.6 is 11.8 Å². The summed E-state index contributed by atoms with van der Waals surface area (Å²) in [6.45, 7) is 3.85. The van der Waals surface area contributed by atoms with Gasteiger partial charge in [0.05, 0.1) is 22.8 Å². The molecule has 1 aliphatic rings. The quantitative estimate of drug-likeness (QED) is 0.183. The second kappa shape index (κ2) is 12.1. The molecular weight excluding hydrogens is 462 g/mol. The first-order valence-electron chi connectivity index (χ1n) is 12.2. The third-order valence-corrected chi connectivity index (χ3v) is 7.09. The first-order valence-corrected chi connectivity index (χ1v) is 13.2. The number of rotatable bonds is 11. The maximum Gasteiger partial charge on any atom is 0.262 e. The molecule has 0 aliphatic carbocycles. The molecule has 7 nitrogen and oxygen atoms in total. The summed E-state index contributed by atoms with van der Waals surface area (Å²) in [6.07, 6.45) is 4.90. The predicted molar refractivity (Wildman–Crippen MR) is 138 cm³/mol. The maximum atomic E-state index is 13.3. The molecule has 4 rings (SSSR count). The summed E-state index contributed by atoms with van der Waals surface area (Å²) in [4.78, 5) is 43.4. The number of ketones is 1. The van der Waals surface area contributed by atoms with E-state index < -0.39 is 0 Å². The Bertz CT molecular complexity index is 1240. The molecule has 0 saturated carbocycles. The smallest absolute Gasteiger partial charge is 0.262 e. The number of benzene rings is 2. The van der Waals surface area contributed by atoms with Crippen LogP contribution in [-0.4, -0.2) is 46.2 Å². The number of Topliss-reactive ketones (excluding diaryl/α,β-unsaturated/α-hetero) is 1. The van der Waals surface area contributed by atoms with Crippen molar-refractivity contribution < 1.29 is 14.3 Å². The molecule has 1 aliphatic heterocycles. The molecule has 1 saturated heterocycles. The third kappa shape index (κ3) is 6.38. The fourth-order valence-corrected chi connectivity index (χ4v) is 5.04. The second-order valence-electron chi connectivity index (χ2n) is 8.71. The molecule has 0 spiro atoms. The van der Waals surface area contributed by atoms with Gasteiger partial charge in [-0.1, -0.05) is 61.9 Å². The molecule has 1 N–H and O–H groups in total. The molecule has 2 heterocycles. The van der Waals surface area contributed by atoms with Crippen LogP contribution < -0.4 is 10.9 Å². The van der Waals surface area contributed by atoms with E-state index in [2.05, 4.69) is 12.2 Å². The molecule has 1 aromatic heterocycles. The van der Waals surface area contributed by atoms with Crippen LogP contribution in [0, 0.1) is 0 Å². The van der Waals surface area contributed by atoms with Gasteiger partial charge in [-0.05, 0) is 37.5 Å². The Kier molecular flexibility index (Phi) is 8.71. The average molecular weight is 494 g/mol. The highest BCUT2D eigenvalue weighted by atomic mass is 32.2. The van der Waals surface area contributed by atoms with Gasteiger partial charge in [0, 0.05) is 30.8 Å². The summed E-state index contributed by atoms with van der Waals surface area (Å²) < 4.78 is 7.24. The van der Waals surface area contributed by atoms with Crippen molar-refractivity contribution in [1.29, 1.82) is 0 Å². The summed E-state index contributed by atoms with van der Waals surface area (Å²) in [6, 6.07) is 14.1. The van der Waals surface area contributed by atoms with Gasteiger partial charge < -0.3 is 10.1 Å². The first-order chi connectivity index (χ1) is 17.1. The topological polar surface area (TPSA) is 90.3 Å². The molecule has 8 heteroatoms. The number of hydrogen-bond donors (Lipinski definition) is 1. The molecule has 3 aromatic rings. The minimum absolute atomic E-state index is 0.0210. The molecule has 0 unspecified atom stereocenters. The number of fused-ring (bicyclic) bond motifs is 1. The van der Waals surface area contributed by atoms with Crippen LogP contribution in [0.25, 0.3) is 10.9 Å². The SMILES string of the molecule is CCCCCn1c(SCC(=O)c2ccccc2)nc2cc(C(=O)NC[C@H]3CCCO3)ccc2c1=O. The number of carbonyl (C=O) groups excluding carboxylic acids is 2. The molecule has 1 atom stereocenters. The van der Waals surface area contributed by atoms with E-state index in [9.17, 15) is 14.4 Å². The van der Waals surface area contributed by atoms with E-state index in [-0.39, 0.29) is 29.1 Å². The van der Waals surface area contributed by atoms with Crippen molar-refractivity contribution in [3.8, 4) is 0 Å². The Balaban J connectivity index is 1.58. The van der Waals surface area contributed by atoms with E-state index in [0.29, 0.717) is 40.3 Å². The van der Waals surface area contributed by atoms with Crippen molar-refractivity contribution in [1.82, 2.24) is 14.9 Å².